The van der Waals surface area contributed by atoms with Crippen LogP contribution in [0.25, 0.3) is 11.4 Å². The molecule has 0 atom stereocenters. The maximum absolute atomic E-state index is 13.2. The van der Waals surface area contributed by atoms with Crippen LogP contribution in [0, 0.1) is 5.82 Å². The minimum absolute atomic E-state index is 0.0113. The quantitative estimate of drug-likeness (QED) is 0.790. The second-order valence-corrected chi connectivity index (χ2v) is 4.16. The summed E-state index contributed by atoms with van der Waals surface area (Å²) in [5, 5.41) is 19.0. The normalized spacial score (nSPS) is 10.6. The molecule has 3 N–H and O–H groups in total. The third-order valence-corrected chi connectivity index (χ3v) is 2.65. The van der Waals surface area contributed by atoms with Crippen LogP contribution in [-0.2, 0) is 6.42 Å². The molecule has 0 aliphatic heterocycles. The largest absolute Gasteiger partial charge is 0.508 e. The van der Waals surface area contributed by atoms with Gasteiger partial charge in [-0.25, -0.2) is 4.39 Å². The lowest BCUT2D eigenvalue weighted by Gasteiger charge is -2.06. The van der Waals surface area contributed by atoms with Gasteiger partial charge in [-0.3, -0.25) is 4.79 Å². The van der Waals surface area contributed by atoms with Crippen LogP contribution < -0.4 is 5.56 Å². The number of rotatable bonds is 3. The molecule has 0 unspecified atom stereocenters. The maximum Gasteiger partial charge on any atom is 0.258 e. The fraction of sp³-hybridized carbons (Fsp3) is 0.231. The number of nitrogens with one attached hydrogen (secondary N) is 1. The number of H-pyrrole nitrogens is 1. The molecule has 0 fully saturated rings. The third kappa shape index (κ3) is 2.73. The summed E-state index contributed by atoms with van der Waals surface area (Å²) < 4.78 is 13.2. The highest BCUT2D eigenvalue weighted by Gasteiger charge is 2.12. The second-order valence-electron chi connectivity index (χ2n) is 4.16. The van der Waals surface area contributed by atoms with E-state index in [9.17, 15) is 19.4 Å². The molecular weight excluding hydrogens is 251 g/mol. The molecule has 1 aromatic heterocycles. The molecule has 1 aromatic carbocycles. The van der Waals surface area contributed by atoms with E-state index in [1.807, 2.05) is 6.92 Å². The third-order valence-electron chi connectivity index (χ3n) is 2.65. The van der Waals surface area contributed by atoms with E-state index in [0.717, 1.165) is 12.1 Å². The van der Waals surface area contributed by atoms with Gasteiger partial charge in [0.05, 0.1) is 5.56 Å². The molecule has 1 heterocycles. The van der Waals surface area contributed by atoms with Crippen molar-refractivity contribution in [1.29, 1.82) is 0 Å². The Labute approximate surface area is 108 Å². The van der Waals surface area contributed by atoms with Crippen molar-refractivity contribution in [2.75, 3.05) is 0 Å². The van der Waals surface area contributed by atoms with Gasteiger partial charge >= 0.3 is 0 Å². The SMILES string of the molecule is CCCc1c(O)nc(-c2cc(O)cc(F)c2)[nH]c1=O. The van der Waals surface area contributed by atoms with Crippen LogP contribution in [0.1, 0.15) is 18.9 Å². The van der Waals surface area contributed by atoms with Gasteiger partial charge < -0.3 is 15.2 Å². The first-order valence-electron chi connectivity index (χ1n) is 5.83. The van der Waals surface area contributed by atoms with Gasteiger partial charge in [-0.2, -0.15) is 4.98 Å². The van der Waals surface area contributed by atoms with E-state index in [1.165, 1.54) is 6.07 Å². The van der Waals surface area contributed by atoms with Crippen LogP contribution >= 0.6 is 0 Å². The summed E-state index contributed by atoms with van der Waals surface area (Å²) in [6.07, 6.45) is 1.10. The lowest BCUT2D eigenvalue weighted by molar-refractivity contribution is 0.443. The molecule has 0 saturated carbocycles. The van der Waals surface area contributed by atoms with Crippen molar-refractivity contribution < 1.29 is 14.6 Å². The first-order valence-corrected chi connectivity index (χ1v) is 5.83. The number of phenols is 1. The van der Waals surface area contributed by atoms with Crippen LogP contribution in [0.3, 0.4) is 0 Å². The fourth-order valence-corrected chi connectivity index (χ4v) is 1.81. The molecule has 2 rings (SSSR count). The van der Waals surface area contributed by atoms with Crippen molar-refractivity contribution in [2.45, 2.75) is 19.8 Å². The van der Waals surface area contributed by atoms with Gasteiger partial charge in [0.15, 0.2) is 0 Å². The molecule has 0 bridgehead atoms. The van der Waals surface area contributed by atoms with Crippen molar-refractivity contribution in [3.8, 4) is 23.0 Å². The van der Waals surface area contributed by atoms with Crippen molar-refractivity contribution in [3.63, 3.8) is 0 Å². The van der Waals surface area contributed by atoms with Crippen LogP contribution in [-0.4, -0.2) is 20.2 Å². The van der Waals surface area contributed by atoms with Gasteiger partial charge in [0, 0.05) is 11.6 Å². The average Bonchev–Trinajstić information content (AvgIpc) is 2.32. The van der Waals surface area contributed by atoms with E-state index in [4.69, 9.17) is 0 Å². The molecule has 0 saturated heterocycles. The maximum atomic E-state index is 13.2. The second kappa shape index (κ2) is 5.09. The zero-order chi connectivity index (χ0) is 14.0. The summed E-state index contributed by atoms with van der Waals surface area (Å²) in [7, 11) is 0. The van der Waals surface area contributed by atoms with Crippen molar-refractivity contribution in [1.82, 2.24) is 9.97 Å². The summed E-state index contributed by atoms with van der Waals surface area (Å²) in [5.74, 6) is -1.30. The number of aromatic nitrogens is 2. The highest BCUT2D eigenvalue weighted by molar-refractivity contribution is 5.58. The van der Waals surface area contributed by atoms with Gasteiger partial charge in [-0.15, -0.1) is 0 Å². The lowest BCUT2D eigenvalue weighted by Crippen LogP contribution is -2.15. The van der Waals surface area contributed by atoms with Crippen LogP contribution in [0.15, 0.2) is 23.0 Å². The van der Waals surface area contributed by atoms with Gasteiger partial charge in [-0.05, 0) is 18.6 Å². The Bertz CT molecular complexity index is 647. The smallest absolute Gasteiger partial charge is 0.258 e. The Morgan fingerprint density at radius 2 is 2.05 bits per heavy atom. The Hall–Kier alpha value is -2.37. The molecule has 0 radical (unpaired) electrons. The number of phenolic OH excluding ortho intramolecular Hbond substituents is 1. The Morgan fingerprint density at radius 1 is 1.32 bits per heavy atom. The number of benzene rings is 1. The molecule has 0 aliphatic carbocycles. The molecule has 5 nitrogen and oxygen atoms in total. The summed E-state index contributed by atoms with van der Waals surface area (Å²) in [5.41, 5.74) is -0.0760. The van der Waals surface area contributed by atoms with Crippen LogP contribution in [0.4, 0.5) is 4.39 Å². The number of hydrogen-bond donors (Lipinski definition) is 3. The summed E-state index contributed by atoms with van der Waals surface area (Å²) in [6.45, 7) is 1.87. The number of hydrogen-bond acceptors (Lipinski definition) is 4. The minimum Gasteiger partial charge on any atom is -0.508 e. The molecule has 100 valence electrons. The predicted molar refractivity (Wildman–Crippen MR) is 67.6 cm³/mol. The molecule has 0 aliphatic rings. The molecule has 6 heteroatoms. The summed E-state index contributed by atoms with van der Waals surface area (Å²) in [4.78, 5) is 18.1. The van der Waals surface area contributed by atoms with E-state index in [-0.39, 0.29) is 28.6 Å². The van der Waals surface area contributed by atoms with Crippen molar-refractivity contribution >= 4 is 0 Å². The van der Waals surface area contributed by atoms with Gasteiger partial charge in [-0.1, -0.05) is 13.3 Å². The average molecular weight is 264 g/mol. The van der Waals surface area contributed by atoms with E-state index in [0.29, 0.717) is 12.8 Å². The van der Waals surface area contributed by atoms with Crippen molar-refractivity contribution in [2.24, 2.45) is 0 Å². The molecule has 2 aromatic rings. The highest BCUT2D eigenvalue weighted by Crippen LogP contribution is 2.23. The number of aromatic amines is 1. The summed E-state index contributed by atoms with van der Waals surface area (Å²) >= 11 is 0. The Morgan fingerprint density at radius 3 is 2.63 bits per heavy atom. The monoisotopic (exact) mass is 264 g/mol. The number of aromatic hydroxyl groups is 2. The fourth-order valence-electron chi connectivity index (χ4n) is 1.81. The van der Waals surface area contributed by atoms with Crippen LogP contribution in [0.5, 0.6) is 11.6 Å². The van der Waals surface area contributed by atoms with E-state index < -0.39 is 11.4 Å². The van der Waals surface area contributed by atoms with E-state index in [2.05, 4.69) is 9.97 Å². The van der Waals surface area contributed by atoms with Gasteiger partial charge in [0.25, 0.3) is 5.56 Å². The lowest BCUT2D eigenvalue weighted by atomic mass is 10.1. The Balaban J connectivity index is 2.55. The van der Waals surface area contributed by atoms with Crippen LogP contribution in [0.2, 0.25) is 0 Å². The predicted octanol–water partition coefficient (Wildman–Crippen LogP) is 1.94. The number of halogens is 1. The molecule has 0 amide bonds. The van der Waals surface area contributed by atoms with Crippen molar-refractivity contribution in [3.05, 3.63) is 39.9 Å². The number of nitrogens with zero attached hydrogens (tertiary/aromatic N) is 1. The molecular formula is C13H13FN2O3. The zero-order valence-corrected chi connectivity index (χ0v) is 10.3. The van der Waals surface area contributed by atoms with Gasteiger partial charge in [0.1, 0.15) is 17.4 Å². The van der Waals surface area contributed by atoms with E-state index in [1.54, 1.807) is 0 Å². The first-order chi connectivity index (χ1) is 9.01. The highest BCUT2D eigenvalue weighted by atomic mass is 19.1. The topological polar surface area (TPSA) is 86.2 Å². The zero-order valence-electron chi connectivity index (χ0n) is 10.3. The first kappa shape index (κ1) is 13.1. The standard InChI is InChI=1S/C13H13FN2O3/c1-2-3-10-12(18)15-11(16-13(10)19)7-4-8(14)6-9(17)5-7/h4-6,17H,2-3H2,1H3,(H2,15,16,18,19). The Kier molecular flexibility index (Phi) is 3.50. The molecule has 19 heavy (non-hydrogen) atoms. The molecule has 0 spiro atoms. The van der Waals surface area contributed by atoms with Gasteiger partial charge in [0.2, 0.25) is 5.88 Å². The van der Waals surface area contributed by atoms with E-state index >= 15 is 0 Å². The minimum atomic E-state index is -0.658. The summed E-state index contributed by atoms with van der Waals surface area (Å²) in [6, 6.07) is 3.30.